The van der Waals surface area contributed by atoms with Crippen LogP contribution in [0.4, 0.5) is 10.1 Å². The van der Waals surface area contributed by atoms with Crippen molar-refractivity contribution in [3.63, 3.8) is 0 Å². The third kappa shape index (κ3) is 4.64. The molecule has 8 heteroatoms. The van der Waals surface area contributed by atoms with Crippen LogP contribution in [0.1, 0.15) is 28.8 Å². The third-order valence-electron chi connectivity index (χ3n) is 4.49. The maximum atomic E-state index is 13.4. The van der Waals surface area contributed by atoms with E-state index in [2.05, 4.69) is 15.4 Å². The number of para-hydroxylation sites is 1. The van der Waals surface area contributed by atoms with E-state index in [4.69, 9.17) is 0 Å². The predicted molar refractivity (Wildman–Crippen MR) is 102 cm³/mol. The van der Waals surface area contributed by atoms with Crippen LogP contribution in [-0.4, -0.2) is 33.5 Å². The van der Waals surface area contributed by atoms with Crippen molar-refractivity contribution in [3.8, 4) is 0 Å². The van der Waals surface area contributed by atoms with Crippen LogP contribution in [0.2, 0.25) is 0 Å². The molecule has 0 aromatic heterocycles. The second-order valence-corrected chi connectivity index (χ2v) is 8.26. The van der Waals surface area contributed by atoms with Crippen molar-refractivity contribution in [3.05, 3.63) is 59.4 Å². The van der Waals surface area contributed by atoms with Crippen molar-refractivity contribution < 1.29 is 17.6 Å². The Morgan fingerprint density at radius 3 is 2.70 bits per heavy atom. The number of anilines is 1. The first-order valence-electron chi connectivity index (χ1n) is 8.76. The molecule has 2 aromatic carbocycles. The number of hydrogen-bond acceptors (Lipinski definition) is 4. The number of hydrogen-bond donors (Lipinski definition) is 3. The van der Waals surface area contributed by atoms with E-state index in [1.165, 1.54) is 25.1 Å². The highest BCUT2D eigenvalue weighted by atomic mass is 32.2. The Morgan fingerprint density at radius 2 is 2.00 bits per heavy atom. The van der Waals surface area contributed by atoms with Crippen LogP contribution < -0.4 is 15.4 Å². The average Bonchev–Trinajstić information content (AvgIpc) is 2.65. The Balaban J connectivity index is 1.82. The minimum Gasteiger partial charge on any atom is -0.348 e. The quantitative estimate of drug-likeness (QED) is 0.731. The number of nitrogens with one attached hydrogen (secondary N) is 3. The van der Waals surface area contributed by atoms with Crippen LogP contribution in [0.3, 0.4) is 0 Å². The highest BCUT2D eigenvalue weighted by Gasteiger charge is 2.21. The van der Waals surface area contributed by atoms with E-state index < -0.39 is 15.8 Å². The number of sulfonamides is 1. The van der Waals surface area contributed by atoms with Crippen LogP contribution in [0.25, 0.3) is 0 Å². The standard InChI is InChI=1S/C19H22FN3O3S/c1-13-11-15(8-9-17(13)20)27(25,26)23-18-7-3-2-6-16(18)19(24)22-14-5-4-10-21-12-14/h2-3,6-9,11,14,21,23H,4-5,10,12H2,1H3,(H,22,24)/t14-/m0/s1. The summed E-state index contributed by atoms with van der Waals surface area (Å²) in [6.45, 7) is 3.11. The van der Waals surface area contributed by atoms with Crippen molar-refractivity contribution in [1.29, 1.82) is 0 Å². The molecule has 1 aliphatic rings. The molecule has 6 nitrogen and oxygen atoms in total. The van der Waals surface area contributed by atoms with Gasteiger partial charge in [-0.2, -0.15) is 0 Å². The van der Waals surface area contributed by atoms with Gasteiger partial charge in [0.2, 0.25) is 0 Å². The fraction of sp³-hybridized carbons (Fsp3) is 0.316. The molecule has 1 aliphatic heterocycles. The van der Waals surface area contributed by atoms with Crippen LogP contribution in [-0.2, 0) is 10.0 Å². The molecular formula is C19H22FN3O3S. The zero-order chi connectivity index (χ0) is 19.4. The first-order chi connectivity index (χ1) is 12.9. The molecule has 144 valence electrons. The summed E-state index contributed by atoms with van der Waals surface area (Å²) in [4.78, 5) is 12.6. The second kappa shape index (κ2) is 8.06. The normalized spacial score (nSPS) is 17.3. The van der Waals surface area contributed by atoms with Gasteiger partial charge in [0.15, 0.2) is 0 Å². The number of carbonyl (C=O) groups excluding carboxylic acids is 1. The van der Waals surface area contributed by atoms with Crippen molar-refractivity contribution in [2.24, 2.45) is 0 Å². The lowest BCUT2D eigenvalue weighted by molar-refractivity contribution is 0.0931. The third-order valence-corrected chi connectivity index (χ3v) is 5.85. The van der Waals surface area contributed by atoms with Crippen LogP contribution in [0, 0.1) is 12.7 Å². The number of piperidine rings is 1. The summed E-state index contributed by atoms with van der Waals surface area (Å²) < 4.78 is 41.2. The number of carbonyl (C=O) groups is 1. The number of halogens is 1. The molecule has 1 amide bonds. The zero-order valence-corrected chi connectivity index (χ0v) is 15.8. The van der Waals surface area contributed by atoms with E-state index in [-0.39, 0.29) is 33.7 Å². The first kappa shape index (κ1) is 19.3. The lowest BCUT2D eigenvalue weighted by Crippen LogP contribution is -2.45. The molecule has 3 rings (SSSR count). The monoisotopic (exact) mass is 391 g/mol. The number of benzene rings is 2. The topological polar surface area (TPSA) is 87.3 Å². The van der Waals surface area contributed by atoms with Crippen molar-refractivity contribution in [2.75, 3.05) is 17.8 Å². The lowest BCUT2D eigenvalue weighted by atomic mass is 10.1. The van der Waals surface area contributed by atoms with Gasteiger partial charge in [0.1, 0.15) is 5.82 Å². The van der Waals surface area contributed by atoms with Gasteiger partial charge in [-0.15, -0.1) is 0 Å². The Morgan fingerprint density at radius 1 is 1.22 bits per heavy atom. The van der Waals surface area contributed by atoms with E-state index in [1.807, 2.05) is 0 Å². The first-order valence-corrected chi connectivity index (χ1v) is 10.2. The summed E-state index contributed by atoms with van der Waals surface area (Å²) in [5, 5.41) is 6.15. The molecule has 0 saturated carbocycles. The fourth-order valence-corrected chi connectivity index (χ4v) is 4.16. The van der Waals surface area contributed by atoms with E-state index in [9.17, 15) is 17.6 Å². The number of amides is 1. The van der Waals surface area contributed by atoms with Gasteiger partial charge in [-0.25, -0.2) is 12.8 Å². The molecule has 0 spiro atoms. The van der Waals surface area contributed by atoms with E-state index >= 15 is 0 Å². The minimum absolute atomic E-state index is 0.00987. The maximum Gasteiger partial charge on any atom is 0.261 e. The van der Waals surface area contributed by atoms with Gasteiger partial charge in [0, 0.05) is 12.6 Å². The Bertz CT molecular complexity index is 941. The molecule has 27 heavy (non-hydrogen) atoms. The van der Waals surface area contributed by atoms with E-state index in [1.54, 1.807) is 18.2 Å². The predicted octanol–water partition coefficient (Wildman–Crippen LogP) is 2.42. The second-order valence-electron chi connectivity index (χ2n) is 6.58. The summed E-state index contributed by atoms with van der Waals surface area (Å²) in [5.74, 6) is -0.813. The summed E-state index contributed by atoms with van der Waals surface area (Å²) in [6.07, 6.45) is 1.85. The fourth-order valence-electron chi connectivity index (χ4n) is 3.00. The van der Waals surface area contributed by atoms with Crippen molar-refractivity contribution in [1.82, 2.24) is 10.6 Å². The molecule has 1 fully saturated rings. The highest BCUT2D eigenvalue weighted by Crippen LogP contribution is 2.22. The molecule has 1 heterocycles. The molecule has 0 aliphatic carbocycles. The van der Waals surface area contributed by atoms with Gasteiger partial charge in [-0.05, 0) is 62.2 Å². The summed E-state index contributed by atoms with van der Waals surface area (Å²) >= 11 is 0. The van der Waals surface area contributed by atoms with Gasteiger partial charge in [-0.1, -0.05) is 12.1 Å². The number of aryl methyl sites for hydroxylation is 1. The van der Waals surface area contributed by atoms with Crippen LogP contribution in [0.15, 0.2) is 47.4 Å². The van der Waals surface area contributed by atoms with Crippen molar-refractivity contribution >= 4 is 21.6 Å². The molecule has 3 N–H and O–H groups in total. The molecule has 0 radical (unpaired) electrons. The van der Waals surface area contributed by atoms with Crippen LogP contribution >= 0.6 is 0 Å². The van der Waals surface area contributed by atoms with Gasteiger partial charge >= 0.3 is 0 Å². The molecule has 0 bridgehead atoms. The maximum absolute atomic E-state index is 13.4. The van der Waals surface area contributed by atoms with Gasteiger partial charge < -0.3 is 10.6 Å². The minimum atomic E-state index is -3.95. The highest BCUT2D eigenvalue weighted by molar-refractivity contribution is 7.92. The van der Waals surface area contributed by atoms with Gasteiger partial charge in [0.05, 0.1) is 16.1 Å². The molecule has 0 unspecified atom stereocenters. The lowest BCUT2D eigenvalue weighted by Gasteiger charge is -2.24. The smallest absolute Gasteiger partial charge is 0.261 e. The van der Waals surface area contributed by atoms with Gasteiger partial charge in [0.25, 0.3) is 15.9 Å². The number of rotatable bonds is 5. The van der Waals surface area contributed by atoms with E-state index in [0.29, 0.717) is 6.54 Å². The molecule has 1 saturated heterocycles. The van der Waals surface area contributed by atoms with Crippen molar-refractivity contribution in [2.45, 2.75) is 30.7 Å². The zero-order valence-electron chi connectivity index (χ0n) is 15.0. The summed E-state index contributed by atoms with van der Waals surface area (Å²) in [7, 11) is -3.95. The largest absolute Gasteiger partial charge is 0.348 e. The average molecular weight is 391 g/mol. The van der Waals surface area contributed by atoms with Crippen LogP contribution in [0.5, 0.6) is 0 Å². The summed E-state index contributed by atoms with van der Waals surface area (Å²) in [5.41, 5.74) is 0.653. The Hall–Kier alpha value is -2.45. The molecule has 2 aromatic rings. The van der Waals surface area contributed by atoms with E-state index in [0.717, 1.165) is 25.5 Å². The molecule has 1 atom stereocenters. The SMILES string of the molecule is Cc1cc(S(=O)(=O)Nc2ccccc2C(=O)N[C@H]2CCCNC2)ccc1F. The summed E-state index contributed by atoms with van der Waals surface area (Å²) in [6, 6.07) is 9.99. The Kier molecular flexibility index (Phi) is 5.76. The molecular weight excluding hydrogens is 369 g/mol. The van der Waals surface area contributed by atoms with Gasteiger partial charge in [-0.3, -0.25) is 9.52 Å². The Labute approximate surface area is 158 Å².